The number of carbonyl (C=O) groups excluding carboxylic acids is 1. The predicted octanol–water partition coefficient (Wildman–Crippen LogP) is 0.383. The molecule has 2 nitrogen and oxygen atoms in total. The van der Waals surface area contributed by atoms with Gasteiger partial charge < -0.3 is 0 Å². The fourth-order valence-electron chi connectivity index (χ4n) is 1.16. The van der Waals surface area contributed by atoms with Crippen LogP contribution in [0, 0.1) is 0 Å². The van der Waals surface area contributed by atoms with Gasteiger partial charge in [-0.1, -0.05) is 0 Å². The van der Waals surface area contributed by atoms with Crippen molar-refractivity contribution in [2.75, 3.05) is 20.1 Å². The first-order valence-corrected chi connectivity index (χ1v) is 3.07. The van der Waals surface area contributed by atoms with E-state index in [1.54, 1.807) is 0 Å². The highest BCUT2D eigenvalue weighted by Crippen LogP contribution is 2.12. The summed E-state index contributed by atoms with van der Waals surface area (Å²) in [5.74, 6) is 0. The third-order valence-electron chi connectivity index (χ3n) is 1.84. The van der Waals surface area contributed by atoms with E-state index in [0.29, 0.717) is 4.48 Å². The first-order valence-electron chi connectivity index (χ1n) is 3.07. The Bertz CT molecular complexity index is 94.7. The second-order valence-corrected chi connectivity index (χ2v) is 2.74. The number of hydrogen-bond donors (Lipinski definition) is 0. The van der Waals surface area contributed by atoms with E-state index in [-0.39, 0.29) is 0 Å². The molecule has 0 saturated carbocycles. The topological polar surface area (TPSA) is 17.1 Å². The van der Waals surface area contributed by atoms with Crippen LogP contribution in [-0.4, -0.2) is 31.0 Å². The van der Waals surface area contributed by atoms with Gasteiger partial charge in [-0.15, -0.1) is 0 Å². The number of carbonyl (C=O) groups is 1. The monoisotopic (exact) mass is 114 g/mol. The second kappa shape index (κ2) is 1.86. The number of hydrogen-bond acceptors (Lipinski definition) is 1. The Kier molecular flexibility index (Phi) is 1.34. The summed E-state index contributed by atoms with van der Waals surface area (Å²) in [6.07, 6.45) is 3.48. The van der Waals surface area contributed by atoms with Gasteiger partial charge in [0.15, 0.2) is 0 Å². The third-order valence-corrected chi connectivity index (χ3v) is 1.84. The number of nitrogens with zero attached hydrogens (tertiary/aromatic N) is 1. The maximum absolute atomic E-state index is 10.3. The lowest BCUT2D eigenvalue weighted by molar-refractivity contribution is -0.811. The lowest BCUT2D eigenvalue weighted by Crippen LogP contribution is -2.38. The predicted molar refractivity (Wildman–Crippen MR) is 31.2 cm³/mol. The van der Waals surface area contributed by atoms with Gasteiger partial charge in [-0.05, 0) is 0 Å². The Labute approximate surface area is 49.7 Å². The molecule has 0 bridgehead atoms. The minimum absolute atomic E-state index is 0.639. The van der Waals surface area contributed by atoms with Crippen molar-refractivity contribution in [3.63, 3.8) is 0 Å². The summed E-state index contributed by atoms with van der Waals surface area (Å²) in [6, 6.07) is 0. The summed E-state index contributed by atoms with van der Waals surface area (Å²) in [7, 11) is 1.99. The maximum Gasteiger partial charge on any atom is 0.301 e. The Morgan fingerprint density at radius 1 is 1.38 bits per heavy atom. The van der Waals surface area contributed by atoms with Crippen LogP contribution in [0.2, 0.25) is 0 Å². The van der Waals surface area contributed by atoms with Gasteiger partial charge in [0.05, 0.1) is 20.1 Å². The molecular weight excluding hydrogens is 102 g/mol. The Balaban J connectivity index is 2.52. The Hall–Kier alpha value is -0.370. The molecule has 1 heterocycles. The van der Waals surface area contributed by atoms with Crippen LogP contribution in [0.3, 0.4) is 0 Å². The summed E-state index contributed by atoms with van der Waals surface area (Å²) in [5, 5.41) is 0. The van der Waals surface area contributed by atoms with E-state index in [1.807, 2.05) is 7.05 Å². The van der Waals surface area contributed by atoms with Crippen LogP contribution in [-0.2, 0) is 4.79 Å². The molecule has 1 saturated heterocycles. The highest BCUT2D eigenvalue weighted by atomic mass is 16.1. The molecule has 46 valence electrons. The van der Waals surface area contributed by atoms with Crippen molar-refractivity contribution < 1.29 is 9.28 Å². The van der Waals surface area contributed by atoms with Crippen molar-refractivity contribution in [2.45, 2.75) is 12.8 Å². The molecule has 1 fully saturated rings. The molecule has 1 aliphatic heterocycles. The number of rotatable bonds is 1. The zero-order chi connectivity index (χ0) is 6.04. The summed E-state index contributed by atoms with van der Waals surface area (Å²) < 4.78 is 0.639. The largest absolute Gasteiger partial charge is 0.301 e. The molecule has 0 aromatic carbocycles. The van der Waals surface area contributed by atoms with Crippen molar-refractivity contribution >= 4 is 6.41 Å². The van der Waals surface area contributed by atoms with Gasteiger partial charge in [-0.25, -0.2) is 4.79 Å². The molecule has 8 heavy (non-hydrogen) atoms. The van der Waals surface area contributed by atoms with E-state index in [2.05, 4.69) is 0 Å². The van der Waals surface area contributed by atoms with Crippen molar-refractivity contribution in [1.82, 2.24) is 0 Å². The van der Waals surface area contributed by atoms with Crippen LogP contribution in [0.5, 0.6) is 0 Å². The molecule has 2 heteroatoms. The number of likely N-dealkylation sites (tertiary alicyclic amines) is 1. The van der Waals surface area contributed by atoms with Crippen molar-refractivity contribution in [3.8, 4) is 0 Å². The molecule has 0 atom stereocenters. The van der Waals surface area contributed by atoms with Gasteiger partial charge in [0.1, 0.15) is 0 Å². The minimum Gasteiger partial charge on any atom is -0.266 e. The van der Waals surface area contributed by atoms with Crippen molar-refractivity contribution in [2.24, 2.45) is 0 Å². The number of quaternary nitrogens is 1. The lowest BCUT2D eigenvalue weighted by atomic mass is 10.4. The molecule has 1 amide bonds. The fourth-order valence-corrected chi connectivity index (χ4v) is 1.16. The van der Waals surface area contributed by atoms with E-state index in [1.165, 1.54) is 12.8 Å². The van der Waals surface area contributed by atoms with Crippen molar-refractivity contribution in [1.29, 1.82) is 0 Å². The van der Waals surface area contributed by atoms with Crippen molar-refractivity contribution in [3.05, 3.63) is 0 Å². The van der Waals surface area contributed by atoms with E-state index in [0.717, 1.165) is 19.5 Å². The van der Waals surface area contributed by atoms with Gasteiger partial charge in [-0.3, -0.25) is 4.48 Å². The van der Waals surface area contributed by atoms with Crippen LogP contribution in [0.1, 0.15) is 12.8 Å². The quantitative estimate of drug-likeness (QED) is 0.356. The van der Waals surface area contributed by atoms with E-state index >= 15 is 0 Å². The number of amides is 1. The average Bonchev–Trinajstić information content (AvgIpc) is 2.17. The van der Waals surface area contributed by atoms with Gasteiger partial charge in [-0.2, -0.15) is 0 Å². The van der Waals surface area contributed by atoms with Crippen LogP contribution < -0.4 is 0 Å². The smallest absolute Gasteiger partial charge is 0.266 e. The van der Waals surface area contributed by atoms with Gasteiger partial charge >= 0.3 is 6.41 Å². The molecule has 1 rings (SSSR count). The summed E-state index contributed by atoms with van der Waals surface area (Å²) in [5.41, 5.74) is 0. The lowest BCUT2D eigenvalue weighted by Gasteiger charge is -2.18. The van der Waals surface area contributed by atoms with Gasteiger partial charge in [0.2, 0.25) is 0 Å². The first-order chi connectivity index (χ1) is 3.77. The minimum atomic E-state index is 0.639. The molecular formula is C6H12NO+. The second-order valence-electron chi connectivity index (χ2n) is 2.74. The first kappa shape index (κ1) is 5.76. The molecule has 1 aliphatic rings. The van der Waals surface area contributed by atoms with E-state index < -0.39 is 0 Å². The highest BCUT2D eigenvalue weighted by molar-refractivity contribution is 5.37. The molecule has 0 unspecified atom stereocenters. The van der Waals surface area contributed by atoms with Gasteiger partial charge in [0, 0.05) is 12.8 Å². The summed E-state index contributed by atoms with van der Waals surface area (Å²) in [4.78, 5) is 10.3. The molecule has 0 spiro atoms. The normalized spacial score (nSPS) is 25.6. The summed E-state index contributed by atoms with van der Waals surface area (Å²) in [6.45, 7) is 2.09. The molecule has 0 radical (unpaired) electrons. The molecule has 0 aromatic rings. The highest BCUT2D eigenvalue weighted by Gasteiger charge is 2.25. The van der Waals surface area contributed by atoms with Gasteiger partial charge in [0.25, 0.3) is 0 Å². The Morgan fingerprint density at radius 2 is 1.88 bits per heavy atom. The maximum atomic E-state index is 10.3. The van der Waals surface area contributed by atoms with E-state index in [9.17, 15) is 4.79 Å². The van der Waals surface area contributed by atoms with Crippen LogP contribution in [0.25, 0.3) is 0 Å². The van der Waals surface area contributed by atoms with Crippen LogP contribution in [0.4, 0.5) is 0 Å². The Morgan fingerprint density at radius 3 is 2.12 bits per heavy atom. The molecule has 0 aromatic heterocycles. The van der Waals surface area contributed by atoms with Crippen LogP contribution in [0.15, 0.2) is 0 Å². The molecule has 0 N–H and O–H groups in total. The van der Waals surface area contributed by atoms with Crippen LogP contribution >= 0.6 is 0 Å². The zero-order valence-electron chi connectivity index (χ0n) is 5.26. The molecule has 0 aliphatic carbocycles. The zero-order valence-corrected chi connectivity index (χ0v) is 5.26. The van der Waals surface area contributed by atoms with E-state index in [4.69, 9.17) is 0 Å². The average molecular weight is 114 g/mol. The third kappa shape index (κ3) is 0.892. The fraction of sp³-hybridized carbons (Fsp3) is 0.833. The standard InChI is InChI=1S/C6H12NO/c1-7(6-8)4-2-3-5-7/h6H,2-5H2,1H3/q+1. The SMILES string of the molecule is C[N+]1(C=O)CCCC1. The summed E-state index contributed by atoms with van der Waals surface area (Å²) >= 11 is 0.